The van der Waals surface area contributed by atoms with Gasteiger partial charge in [-0.05, 0) is 17.2 Å². The number of halogens is 1. The van der Waals surface area contributed by atoms with E-state index in [-0.39, 0.29) is 18.7 Å². The lowest BCUT2D eigenvalue weighted by Gasteiger charge is -2.05. The molecule has 8 heteroatoms. The third-order valence-electron chi connectivity index (χ3n) is 3.15. The Kier molecular flexibility index (Phi) is 6.05. The Labute approximate surface area is 142 Å². The molecule has 0 aliphatic heterocycles. The smallest absolute Gasteiger partial charge is 0.407 e. The van der Waals surface area contributed by atoms with Crippen LogP contribution < -0.4 is 5.32 Å². The van der Waals surface area contributed by atoms with Crippen molar-refractivity contribution in [1.82, 2.24) is 5.32 Å². The molecule has 0 spiro atoms. The van der Waals surface area contributed by atoms with Crippen molar-refractivity contribution in [3.05, 3.63) is 75.6 Å². The normalized spacial score (nSPS) is 10.6. The number of aromatic hydroxyl groups is 1. The van der Waals surface area contributed by atoms with Crippen molar-refractivity contribution in [2.75, 3.05) is 6.54 Å². The van der Waals surface area contributed by atoms with Crippen LogP contribution in [0.2, 0.25) is 0 Å². The average molecular weight is 346 g/mol. The molecule has 0 bridgehead atoms. The van der Waals surface area contributed by atoms with Gasteiger partial charge < -0.3 is 15.2 Å². The van der Waals surface area contributed by atoms with Gasteiger partial charge in [0.2, 0.25) is 5.75 Å². The quantitative estimate of drug-likeness (QED) is 0.617. The minimum Gasteiger partial charge on any atom is -0.500 e. The van der Waals surface area contributed by atoms with E-state index in [2.05, 4.69) is 5.32 Å². The number of amides is 1. The first-order chi connectivity index (χ1) is 12.0. The number of hydrogen-bond donors (Lipinski definition) is 2. The van der Waals surface area contributed by atoms with Crippen LogP contribution in [0.3, 0.4) is 0 Å². The zero-order valence-electron chi connectivity index (χ0n) is 13.0. The molecule has 0 heterocycles. The molecule has 7 nitrogen and oxygen atoms in total. The van der Waals surface area contributed by atoms with E-state index in [0.29, 0.717) is 0 Å². The number of nitrogens with one attached hydrogen (secondary N) is 1. The highest BCUT2D eigenvalue weighted by atomic mass is 19.1. The van der Waals surface area contributed by atoms with E-state index in [9.17, 15) is 24.4 Å². The topological polar surface area (TPSA) is 102 Å². The Bertz CT molecular complexity index is 793. The minimum absolute atomic E-state index is 0.0872. The summed E-state index contributed by atoms with van der Waals surface area (Å²) < 4.78 is 18.4. The highest BCUT2D eigenvalue weighted by Gasteiger charge is 2.18. The summed E-state index contributed by atoms with van der Waals surface area (Å²) in [6.07, 6.45) is 2.23. The van der Waals surface area contributed by atoms with Crippen molar-refractivity contribution in [2.45, 2.75) is 6.61 Å². The van der Waals surface area contributed by atoms with Crippen molar-refractivity contribution in [3.8, 4) is 5.75 Å². The molecule has 130 valence electrons. The number of carbonyl (C=O) groups excluding carboxylic acids is 1. The first kappa shape index (κ1) is 17.9. The summed E-state index contributed by atoms with van der Waals surface area (Å²) >= 11 is 0. The number of carbonyl (C=O) groups is 1. The summed E-state index contributed by atoms with van der Waals surface area (Å²) in [6.45, 7) is 0.218. The van der Waals surface area contributed by atoms with Gasteiger partial charge in [-0.15, -0.1) is 0 Å². The summed E-state index contributed by atoms with van der Waals surface area (Å²) in [4.78, 5) is 21.4. The van der Waals surface area contributed by atoms with Crippen molar-refractivity contribution in [2.24, 2.45) is 0 Å². The molecule has 0 fully saturated rings. The number of benzene rings is 2. The lowest BCUT2D eigenvalue weighted by atomic mass is 10.1. The Morgan fingerprint density at radius 3 is 2.72 bits per heavy atom. The third kappa shape index (κ3) is 5.31. The molecule has 0 radical (unpaired) electrons. The molecule has 2 N–H and O–H groups in total. The van der Waals surface area contributed by atoms with Gasteiger partial charge in [0.05, 0.1) is 4.92 Å². The fourth-order valence-corrected chi connectivity index (χ4v) is 1.95. The van der Waals surface area contributed by atoms with E-state index in [1.54, 1.807) is 0 Å². The van der Waals surface area contributed by atoms with Gasteiger partial charge in [-0.25, -0.2) is 9.18 Å². The van der Waals surface area contributed by atoms with E-state index >= 15 is 0 Å². The minimum atomic E-state index is -1.09. The predicted octanol–water partition coefficient (Wildman–Crippen LogP) is 3.38. The number of phenols is 1. The number of alkyl carbamates (subject to hydrolysis) is 1. The number of nitro groups is 1. The van der Waals surface area contributed by atoms with E-state index in [1.807, 2.05) is 30.3 Å². The lowest BCUT2D eigenvalue weighted by molar-refractivity contribution is -0.386. The van der Waals surface area contributed by atoms with Gasteiger partial charge in [0.1, 0.15) is 6.61 Å². The van der Waals surface area contributed by atoms with Crippen LogP contribution in [0.1, 0.15) is 11.1 Å². The van der Waals surface area contributed by atoms with Gasteiger partial charge in [0.15, 0.2) is 5.82 Å². The van der Waals surface area contributed by atoms with Crippen LogP contribution >= 0.6 is 0 Å². The van der Waals surface area contributed by atoms with Crippen LogP contribution in [0, 0.1) is 15.9 Å². The van der Waals surface area contributed by atoms with Crippen LogP contribution in [0.25, 0.3) is 6.08 Å². The van der Waals surface area contributed by atoms with Crippen LogP contribution in [0.5, 0.6) is 5.75 Å². The molecule has 0 saturated carbocycles. The SMILES string of the molecule is O=C(NCC=Cc1cc(F)c(O)c([N+](=O)[O-])c1)OCc1ccccc1. The molecule has 2 aromatic carbocycles. The molecule has 25 heavy (non-hydrogen) atoms. The number of nitrogens with zero attached hydrogens (tertiary/aromatic N) is 1. The molecule has 2 aromatic rings. The number of ether oxygens (including phenoxy) is 1. The number of rotatable bonds is 6. The predicted molar refractivity (Wildman–Crippen MR) is 88.4 cm³/mol. The zero-order chi connectivity index (χ0) is 18.2. The molecular formula is C17H15FN2O5. The first-order valence-corrected chi connectivity index (χ1v) is 7.25. The summed E-state index contributed by atoms with van der Waals surface area (Å²) in [5.74, 6) is -2.10. The molecule has 1 amide bonds. The molecule has 0 aliphatic rings. The molecule has 0 aliphatic carbocycles. The fraction of sp³-hybridized carbons (Fsp3) is 0.118. The molecule has 2 rings (SSSR count). The second-order valence-corrected chi connectivity index (χ2v) is 4.97. The number of phenolic OH excluding ortho intramolecular Hbond substituents is 1. The van der Waals surface area contributed by atoms with E-state index in [4.69, 9.17) is 4.74 Å². The maximum Gasteiger partial charge on any atom is 0.407 e. The summed E-state index contributed by atoms with van der Waals surface area (Å²) in [5, 5.41) is 22.5. The van der Waals surface area contributed by atoms with Crippen molar-refractivity contribution in [1.29, 1.82) is 0 Å². The van der Waals surface area contributed by atoms with Crippen LogP contribution in [0.4, 0.5) is 14.9 Å². The number of hydrogen-bond acceptors (Lipinski definition) is 5. The third-order valence-corrected chi connectivity index (χ3v) is 3.15. The maximum absolute atomic E-state index is 13.4. The molecule has 0 aromatic heterocycles. The van der Waals surface area contributed by atoms with Gasteiger partial charge in [0.25, 0.3) is 0 Å². The highest BCUT2D eigenvalue weighted by molar-refractivity contribution is 5.67. The van der Waals surface area contributed by atoms with Crippen LogP contribution in [0.15, 0.2) is 48.5 Å². The van der Waals surface area contributed by atoms with E-state index < -0.39 is 28.3 Å². The summed E-state index contributed by atoms with van der Waals surface area (Å²) in [5.41, 5.74) is 0.302. The summed E-state index contributed by atoms with van der Waals surface area (Å²) in [7, 11) is 0. The Morgan fingerprint density at radius 1 is 1.32 bits per heavy atom. The summed E-state index contributed by atoms with van der Waals surface area (Å²) in [6, 6.07) is 11.1. The Hall–Kier alpha value is -3.42. The second kappa shape index (κ2) is 8.44. The lowest BCUT2D eigenvalue weighted by Crippen LogP contribution is -2.24. The maximum atomic E-state index is 13.4. The Morgan fingerprint density at radius 2 is 2.04 bits per heavy atom. The number of nitro benzene ring substituents is 1. The first-order valence-electron chi connectivity index (χ1n) is 7.25. The zero-order valence-corrected chi connectivity index (χ0v) is 13.0. The molecule has 0 atom stereocenters. The molecule has 0 unspecified atom stereocenters. The average Bonchev–Trinajstić information content (AvgIpc) is 2.60. The Balaban J connectivity index is 1.85. The van der Waals surface area contributed by atoms with Gasteiger partial charge in [0, 0.05) is 12.6 Å². The largest absolute Gasteiger partial charge is 0.500 e. The van der Waals surface area contributed by atoms with Crippen LogP contribution in [-0.4, -0.2) is 22.7 Å². The molecule has 0 saturated heterocycles. The molecular weight excluding hydrogens is 331 g/mol. The van der Waals surface area contributed by atoms with Gasteiger partial charge in [-0.2, -0.15) is 0 Å². The van der Waals surface area contributed by atoms with E-state index in [1.165, 1.54) is 12.2 Å². The van der Waals surface area contributed by atoms with Gasteiger partial charge in [-0.3, -0.25) is 10.1 Å². The van der Waals surface area contributed by atoms with Crippen molar-refractivity contribution in [3.63, 3.8) is 0 Å². The van der Waals surface area contributed by atoms with Crippen molar-refractivity contribution < 1.29 is 24.0 Å². The highest BCUT2D eigenvalue weighted by Crippen LogP contribution is 2.30. The fourth-order valence-electron chi connectivity index (χ4n) is 1.95. The van der Waals surface area contributed by atoms with Crippen LogP contribution in [-0.2, 0) is 11.3 Å². The van der Waals surface area contributed by atoms with Gasteiger partial charge >= 0.3 is 11.8 Å². The van der Waals surface area contributed by atoms with E-state index in [0.717, 1.165) is 17.7 Å². The second-order valence-electron chi connectivity index (χ2n) is 4.97. The monoisotopic (exact) mass is 346 g/mol. The van der Waals surface area contributed by atoms with Gasteiger partial charge in [-0.1, -0.05) is 42.5 Å². The standard InChI is InChI=1S/C17H15FN2O5/c18-14-9-13(10-15(16(14)21)20(23)24)7-4-8-19-17(22)25-11-12-5-2-1-3-6-12/h1-7,9-10,21H,8,11H2,(H,19,22). The van der Waals surface area contributed by atoms with Crippen molar-refractivity contribution >= 4 is 17.9 Å².